The van der Waals surface area contributed by atoms with Crippen molar-refractivity contribution in [3.63, 3.8) is 0 Å². The van der Waals surface area contributed by atoms with Gasteiger partial charge in [-0.05, 0) is 60.3 Å². The summed E-state index contributed by atoms with van der Waals surface area (Å²) in [6.45, 7) is 1.83. The van der Waals surface area contributed by atoms with Crippen molar-refractivity contribution in [1.29, 1.82) is 0 Å². The van der Waals surface area contributed by atoms with Gasteiger partial charge in [-0.2, -0.15) is 0 Å². The molecular weight excluding hydrogens is 470 g/mol. The number of likely N-dealkylation sites (tertiary alicyclic amines) is 1. The summed E-state index contributed by atoms with van der Waals surface area (Å²) in [7, 11) is 0. The van der Waals surface area contributed by atoms with Gasteiger partial charge < -0.3 is 9.15 Å². The zero-order valence-electron chi connectivity index (χ0n) is 20.2. The summed E-state index contributed by atoms with van der Waals surface area (Å²) < 4.78 is 11.1. The average Bonchev–Trinajstić information content (AvgIpc) is 3.66. The number of benzene rings is 2. The molecule has 5 aliphatic rings. The van der Waals surface area contributed by atoms with Gasteiger partial charge in [0.1, 0.15) is 17.4 Å². The van der Waals surface area contributed by atoms with Crippen LogP contribution in [0.3, 0.4) is 0 Å². The molecule has 2 heterocycles. The third kappa shape index (κ3) is 3.40. The number of fused-ring (bicyclic) bond motifs is 1. The molecule has 0 spiro atoms. The first-order valence-corrected chi connectivity index (χ1v) is 12.8. The number of nitrogens with zero attached hydrogens (tertiary/aromatic N) is 1. The molecular formula is C30H25NO6. The molecule has 186 valence electrons. The van der Waals surface area contributed by atoms with Crippen LogP contribution in [0, 0.1) is 42.4 Å². The fraction of sp³-hybridized carbons (Fsp3) is 0.333. The minimum absolute atomic E-state index is 0.0703. The Hall–Kier alpha value is -4.00. The summed E-state index contributed by atoms with van der Waals surface area (Å²) in [5.41, 5.74) is 1.39. The van der Waals surface area contributed by atoms with Crippen molar-refractivity contribution in [3.05, 3.63) is 88.3 Å². The van der Waals surface area contributed by atoms with E-state index in [-0.39, 0.29) is 35.8 Å². The molecule has 0 N–H and O–H groups in total. The Kier molecular flexibility index (Phi) is 4.80. The van der Waals surface area contributed by atoms with Gasteiger partial charge in [0.05, 0.1) is 11.8 Å². The highest BCUT2D eigenvalue weighted by Crippen LogP contribution is 2.65. The van der Waals surface area contributed by atoms with E-state index in [0.29, 0.717) is 17.4 Å². The number of aryl methyl sites for hydroxylation is 1. The summed E-state index contributed by atoms with van der Waals surface area (Å²) in [6.07, 6.45) is 5.46. The molecule has 7 atom stereocenters. The molecule has 1 aromatic heterocycles. The van der Waals surface area contributed by atoms with E-state index in [0.717, 1.165) is 22.9 Å². The minimum atomic E-state index is -1.09. The Balaban J connectivity index is 1.24. The van der Waals surface area contributed by atoms with Gasteiger partial charge in [-0.3, -0.25) is 14.5 Å². The minimum Gasteiger partial charge on any atom is -0.425 e. The van der Waals surface area contributed by atoms with E-state index in [1.54, 1.807) is 12.1 Å². The van der Waals surface area contributed by atoms with E-state index in [2.05, 4.69) is 12.2 Å². The second-order valence-electron chi connectivity index (χ2n) is 10.7. The number of rotatable bonds is 5. The summed E-state index contributed by atoms with van der Waals surface area (Å²) >= 11 is 0. The number of esters is 1. The molecule has 37 heavy (non-hydrogen) atoms. The van der Waals surface area contributed by atoms with Gasteiger partial charge >= 0.3 is 11.6 Å². The number of amides is 2. The van der Waals surface area contributed by atoms with Crippen LogP contribution in [0.5, 0.6) is 5.75 Å². The SMILES string of the molecule is Cc1cc(OC(=O)[C@H](Cc2ccccc2)N2C(=O)[C@@H]3[C@H]4C=C[C@@H]([C@@H]5C[C@@H]45)[C@H]3C2=O)cc2oc(=O)ccc12. The predicted molar refractivity (Wildman–Crippen MR) is 133 cm³/mol. The summed E-state index contributed by atoms with van der Waals surface area (Å²) in [5.74, 6) is -0.721. The van der Waals surface area contributed by atoms with Crippen molar-refractivity contribution in [2.45, 2.75) is 25.8 Å². The number of hydrogen-bond donors (Lipinski definition) is 0. The number of allylic oxidation sites excluding steroid dienone is 2. The zero-order chi connectivity index (χ0) is 25.4. The van der Waals surface area contributed by atoms with Crippen LogP contribution >= 0.6 is 0 Å². The van der Waals surface area contributed by atoms with Crippen molar-refractivity contribution in [2.24, 2.45) is 35.5 Å². The third-order valence-corrected chi connectivity index (χ3v) is 8.69. The molecule has 2 amide bonds. The Morgan fingerprint density at radius 1 is 0.973 bits per heavy atom. The number of hydrogen-bond acceptors (Lipinski definition) is 6. The fourth-order valence-electron chi connectivity index (χ4n) is 6.97. The second-order valence-corrected chi connectivity index (χ2v) is 10.7. The van der Waals surface area contributed by atoms with Crippen molar-refractivity contribution in [1.82, 2.24) is 4.90 Å². The lowest BCUT2D eigenvalue weighted by molar-refractivity contribution is -0.153. The van der Waals surface area contributed by atoms with Gasteiger partial charge in [0.15, 0.2) is 0 Å². The topological polar surface area (TPSA) is 93.9 Å². The maximum Gasteiger partial charge on any atom is 0.336 e. The first-order valence-electron chi connectivity index (χ1n) is 12.8. The van der Waals surface area contributed by atoms with E-state index in [4.69, 9.17) is 9.15 Å². The Morgan fingerprint density at radius 2 is 1.65 bits per heavy atom. The fourth-order valence-corrected chi connectivity index (χ4v) is 6.97. The van der Waals surface area contributed by atoms with Gasteiger partial charge in [-0.1, -0.05) is 42.5 Å². The van der Waals surface area contributed by atoms with Gasteiger partial charge in [-0.25, -0.2) is 9.59 Å². The van der Waals surface area contributed by atoms with Crippen LogP contribution < -0.4 is 10.4 Å². The predicted octanol–water partition coefficient (Wildman–Crippen LogP) is 3.67. The zero-order valence-corrected chi connectivity index (χ0v) is 20.2. The molecule has 0 radical (unpaired) electrons. The van der Waals surface area contributed by atoms with Crippen LogP contribution in [0.25, 0.3) is 11.0 Å². The van der Waals surface area contributed by atoms with Crippen molar-refractivity contribution in [2.75, 3.05) is 0 Å². The molecule has 2 bridgehead atoms. The molecule has 1 saturated heterocycles. The van der Waals surface area contributed by atoms with Gasteiger partial charge in [0, 0.05) is 23.9 Å². The summed E-state index contributed by atoms with van der Waals surface area (Å²) in [5, 5.41) is 0.732. The van der Waals surface area contributed by atoms with E-state index in [1.807, 2.05) is 37.3 Å². The molecule has 3 fully saturated rings. The van der Waals surface area contributed by atoms with Crippen LogP contribution in [0.4, 0.5) is 0 Å². The Labute approximate surface area is 212 Å². The highest BCUT2D eigenvalue weighted by Gasteiger charge is 2.68. The third-order valence-electron chi connectivity index (χ3n) is 8.69. The molecule has 2 aromatic carbocycles. The maximum absolute atomic E-state index is 13.8. The summed E-state index contributed by atoms with van der Waals surface area (Å²) in [6, 6.07) is 14.4. The van der Waals surface area contributed by atoms with E-state index in [9.17, 15) is 19.2 Å². The lowest BCUT2D eigenvalue weighted by Gasteiger charge is -2.37. The highest BCUT2D eigenvalue weighted by molar-refractivity contribution is 6.09. The van der Waals surface area contributed by atoms with Crippen LogP contribution in [0.15, 0.2) is 76.0 Å². The molecule has 1 aliphatic heterocycles. The summed E-state index contributed by atoms with van der Waals surface area (Å²) in [4.78, 5) is 54.2. The number of imide groups is 1. The molecule has 3 aromatic rings. The molecule has 0 unspecified atom stereocenters. The Morgan fingerprint density at radius 3 is 2.32 bits per heavy atom. The highest BCUT2D eigenvalue weighted by atomic mass is 16.5. The van der Waals surface area contributed by atoms with E-state index in [1.165, 1.54) is 17.0 Å². The number of carbonyl (C=O) groups is 3. The quantitative estimate of drug-likeness (QED) is 0.176. The average molecular weight is 496 g/mol. The largest absolute Gasteiger partial charge is 0.425 e. The Bertz CT molecular complexity index is 1520. The number of carbonyl (C=O) groups excluding carboxylic acids is 3. The number of ether oxygens (including phenoxy) is 1. The normalized spacial score (nSPS) is 29.8. The van der Waals surface area contributed by atoms with Gasteiger partial charge in [-0.15, -0.1) is 0 Å². The van der Waals surface area contributed by atoms with Crippen molar-refractivity contribution in [3.8, 4) is 5.75 Å². The first kappa shape index (κ1) is 22.2. The van der Waals surface area contributed by atoms with Crippen molar-refractivity contribution >= 4 is 28.8 Å². The van der Waals surface area contributed by atoms with Crippen LogP contribution in [-0.4, -0.2) is 28.7 Å². The maximum atomic E-state index is 13.8. The lowest BCUT2D eigenvalue weighted by Crippen LogP contribution is -2.48. The van der Waals surface area contributed by atoms with E-state index >= 15 is 0 Å². The monoisotopic (exact) mass is 495 g/mol. The van der Waals surface area contributed by atoms with Crippen LogP contribution in [-0.2, 0) is 20.8 Å². The lowest BCUT2D eigenvalue weighted by atomic mass is 9.63. The van der Waals surface area contributed by atoms with Crippen molar-refractivity contribution < 1.29 is 23.5 Å². The second kappa shape index (κ2) is 8.00. The van der Waals surface area contributed by atoms with Crippen LogP contribution in [0.1, 0.15) is 17.5 Å². The molecule has 7 nitrogen and oxygen atoms in total. The van der Waals surface area contributed by atoms with Gasteiger partial charge in [0.25, 0.3) is 0 Å². The first-order chi connectivity index (χ1) is 17.9. The molecule has 7 heteroatoms. The molecule has 2 saturated carbocycles. The van der Waals surface area contributed by atoms with Crippen LogP contribution in [0.2, 0.25) is 0 Å². The standard InChI is InChI=1S/C30H25NO6/c1-15-11-17(13-24-18(15)9-10-25(32)37-24)36-30(35)23(12-16-5-3-2-4-6-16)31-28(33)26-19-7-8-20(22-14-21(19)22)27(26)29(31)34/h2-11,13,19-23,26-27H,12,14H2,1H3/t19-,20-,21-,22-,23-,26+,27+/m0/s1. The van der Waals surface area contributed by atoms with Gasteiger partial charge in [0.2, 0.25) is 11.8 Å². The smallest absolute Gasteiger partial charge is 0.336 e. The van der Waals surface area contributed by atoms with E-state index < -0.39 is 29.5 Å². The molecule has 8 rings (SSSR count). The molecule has 4 aliphatic carbocycles.